The summed E-state index contributed by atoms with van der Waals surface area (Å²) in [5.74, 6) is 0.750. The zero-order valence-corrected chi connectivity index (χ0v) is 13.6. The van der Waals surface area contributed by atoms with Gasteiger partial charge in [0.1, 0.15) is 11.2 Å². The summed E-state index contributed by atoms with van der Waals surface area (Å²) in [5, 5.41) is 7.98. The number of H-pyrrole nitrogens is 1. The number of hydrogen-bond donors (Lipinski definition) is 2. The minimum atomic E-state index is -0.291. The number of thioether (sulfide) groups is 1. The summed E-state index contributed by atoms with van der Waals surface area (Å²) in [6, 6.07) is 0.154. The van der Waals surface area contributed by atoms with E-state index in [1.54, 1.807) is 11.7 Å². The second kappa shape index (κ2) is 6.16. The van der Waals surface area contributed by atoms with Gasteiger partial charge in [0.25, 0.3) is 5.91 Å². The molecule has 0 aliphatic heterocycles. The van der Waals surface area contributed by atoms with E-state index in [1.807, 2.05) is 11.8 Å². The molecule has 2 aromatic rings. The first kappa shape index (κ1) is 15.1. The highest BCUT2D eigenvalue weighted by molar-refractivity contribution is 7.99. The van der Waals surface area contributed by atoms with E-state index in [4.69, 9.17) is 0 Å². The molecule has 0 unspecified atom stereocenters. The maximum atomic E-state index is 12.5. The van der Waals surface area contributed by atoms with Crippen molar-refractivity contribution in [2.24, 2.45) is 7.05 Å². The topological polar surface area (TPSA) is 79.8 Å². The van der Waals surface area contributed by atoms with E-state index in [1.165, 1.54) is 12.4 Å². The lowest BCUT2D eigenvalue weighted by molar-refractivity contribution is 0.0937. The maximum absolute atomic E-state index is 12.5. The molecule has 2 aromatic heterocycles. The predicted molar refractivity (Wildman–Crippen MR) is 88.4 cm³/mol. The Kier molecular flexibility index (Phi) is 4.24. The van der Waals surface area contributed by atoms with Crippen LogP contribution in [0.15, 0.2) is 17.2 Å². The highest BCUT2D eigenvalue weighted by Gasteiger charge is 2.29. The van der Waals surface area contributed by atoms with E-state index in [-0.39, 0.29) is 22.9 Å². The average Bonchev–Trinajstić information content (AvgIpc) is 3.08. The number of pyridine rings is 1. The first-order valence-electron chi connectivity index (χ1n) is 7.57. The summed E-state index contributed by atoms with van der Waals surface area (Å²) in [5.41, 5.74) is 0.520. The van der Waals surface area contributed by atoms with Crippen LogP contribution in [0.1, 0.15) is 36.5 Å². The Labute approximate surface area is 132 Å². The normalized spacial score (nSPS) is 21.4. The molecule has 1 aliphatic carbocycles. The van der Waals surface area contributed by atoms with Gasteiger partial charge in [0, 0.05) is 24.5 Å². The molecule has 0 radical (unpaired) electrons. The van der Waals surface area contributed by atoms with Crippen LogP contribution >= 0.6 is 11.8 Å². The third-order valence-electron chi connectivity index (χ3n) is 4.18. The summed E-state index contributed by atoms with van der Waals surface area (Å²) in [6.45, 7) is 2.13. The van der Waals surface area contributed by atoms with Gasteiger partial charge in [0.2, 0.25) is 5.43 Å². The lowest BCUT2D eigenvalue weighted by atomic mass is 10.2. The summed E-state index contributed by atoms with van der Waals surface area (Å²) in [7, 11) is 1.75. The van der Waals surface area contributed by atoms with Gasteiger partial charge in [0.05, 0.1) is 11.6 Å². The van der Waals surface area contributed by atoms with E-state index in [2.05, 4.69) is 22.3 Å². The van der Waals surface area contributed by atoms with E-state index in [0.717, 1.165) is 25.0 Å². The fourth-order valence-corrected chi connectivity index (χ4v) is 4.24. The van der Waals surface area contributed by atoms with Gasteiger partial charge in [-0.05, 0) is 18.6 Å². The lowest BCUT2D eigenvalue weighted by Crippen LogP contribution is -2.40. The first-order valence-corrected chi connectivity index (χ1v) is 8.62. The van der Waals surface area contributed by atoms with Crippen molar-refractivity contribution in [2.75, 3.05) is 5.75 Å². The molecule has 0 saturated heterocycles. The predicted octanol–water partition coefficient (Wildman–Crippen LogP) is 1.67. The van der Waals surface area contributed by atoms with Crippen molar-refractivity contribution in [3.63, 3.8) is 0 Å². The van der Waals surface area contributed by atoms with Gasteiger partial charge >= 0.3 is 0 Å². The minimum absolute atomic E-state index is 0.154. The van der Waals surface area contributed by atoms with Crippen LogP contribution in [0.5, 0.6) is 0 Å². The quantitative estimate of drug-likeness (QED) is 0.898. The molecule has 2 heterocycles. The summed E-state index contributed by atoms with van der Waals surface area (Å²) >= 11 is 1.88. The molecule has 2 N–H and O–H groups in total. The van der Waals surface area contributed by atoms with Gasteiger partial charge in [-0.15, -0.1) is 0 Å². The number of rotatable bonds is 4. The Balaban J connectivity index is 1.83. The summed E-state index contributed by atoms with van der Waals surface area (Å²) < 4.78 is 1.59. The highest BCUT2D eigenvalue weighted by atomic mass is 32.2. The molecule has 1 aliphatic rings. The number of aromatic nitrogens is 3. The van der Waals surface area contributed by atoms with Crippen LogP contribution in [0.25, 0.3) is 11.0 Å². The third kappa shape index (κ3) is 2.65. The molecule has 1 amide bonds. The molecule has 1 fully saturated rings. The number of amides is 1. The van der Waals surface area contributed by atoms with Crippen molar-refractivity contribution in [3.8, 4) is 0 Å². The molecule has 1 saturated carbocycles. The molecule has 7 heteroatoms. The Morgan fingerprint density at radius 3 is 3.14 bits per heavy atom. The minimum Gasteiger partial charge on any atom is -0.348 e. The number of nitrogens with zero attached hydrogens (tertiary/aromatic N) is 2. The number of aromatic amines is 1. The van der Waals surface area contributed by atoms with Gasteiger partial charge in [-0.1, -0.05) is 13.3 Å². The standard InChI is InChI=1S/C15H20N4O2S/c1-3-22-12-6-4-5-11(12)18-15(21)10-7-16-14-9(13(10)20)8-17-19(14)2/h7-8,11-12H,3-6H2,1-2H3,(H,16,20)(H,18,21)/t11-,12+/m1/s1. The maximum Gasteiger partial charge on any atom is 0.257 e. The SMILES string of the molecule is CCS[C@H]1CCC[C@H]1NC(=O)c1c[nH]c2c(cnn2C)c1=O. The molecule has 0 aromatic carbocycles. The average molecular weight is 320 g/mol. The smallest absolute Gasteiger partial charge is 0.257 e. The van der Waals surface area contributed by atoms with Gasteiger partial charge < -0.3 is 10.3 Å². The number of carbonyl (C=O) groups excluding carboxylic acids is 1. The fourth-order valence-electron chi connectivity index (χ4n) is 3.05. The molecule has 3 rings (SSSR count). The van der Waals surface area contributed by atoms with E-state index < -0.39 is 0 Å². The molecule has 0 bridgehead atoms. The second-order valence-corrected chi connectivity index (χ2v) is 7.08. The Morgan fingerprint density at radius 2 is 2.36 bits per heavy atom. The van der Waals surface area contributed by atoms with Gasteiger partial charge in [0.15, 0.2) is 0 Å². The second-order valence-electron chi connectivity index (χ2n) is 5.57. The number of nitrogens with one attached hydrogen (secondary N) is 2. The molecule has 118 valence electrons. The molecule has 0 spiro atoms. The Morgan fingerprint density at radius 1 is 1.55 bits per heavy atom. The number of carbonyl (C=O) groups is 1. The lowest BCUT2D eigenvalue weighted by Gasteiger charge is -2.19. The Hall–Kier alpha value is -1.76. The zero-order chi connectivity index (χ0) is 15.7. The van der Waals surface area contributed by atoms with Crippen LogP contribution in [-0.2, 0) is 7.05 Å². The van der Waals surface area contributed by atoms with Crippen LogP contribution in [0.3, 0.4) is 0 Å². The number of aryl methyl sites for hydroxylation is 1. The van der Waals surface area contributed by atoms with Crippen LogP contribution < -0.4 is 10.7 Å². The van der Waals surface area contributed by atoms with Crippen LogP contribution in [0, 0.1) is 0 Å². The summed E-state index contributed by atoms with van der Waals surface area (Å²) in [6.07, 6.45) is 6.22. The van der Waals surface area contributed by atoms with Crippen molar-refractivity contribution in [2.45, 2.75) is 37.5 Å². The molecule has 2 atom stereocenters. The Bertz CT molecular complexity index is 752. The van der Waals surface area contributed by atoms with E-state index >= 15 is 0 Å². The monoisotopic (exact) mass is 320 g/mol. The van der Waals surface area contributed by atoms with Gasteiger partial charge in [-0.3, -0.25) is 14.3 Å². The van der Waals surface area contributed by atoms with Crippen LogP contribution in [-0.4, -0.2) is 37.7 Å². The third-order valence-corrected chi connectivity index (χ3v) is 5.50. The van der Waals surface area contributed by atoms with Gasteiger partial charge in [-0.25, -0.2) is 0 Å². The van der Waals surface area contributed by atoms with E-state index in [0.29, 0.717) is 16.3 Å². The van der Waals surface area contributed by atoms with Crippen molar-refractivity contribution >= 4 is 28.7 Å². The summed E-state index contributed by atoms with van der Waals surface area (Å²) in [4.78, 5) is 27.9. The van der Waals surface area contributed by atoms with Gasteiger partial charge in [-0.2, -0.15) is 16.9 Å². The van der Waals surface area contributed by atoms with Crippen LogP contribution in [0.2, 0.25) is 0 Å². The van der Waals surface area contributed by atoms with Crippen molar-refractivity contribution in [3.05, 3.63) is 28.2 Å². The van der Waals surface area contributed by atoms with E-state index in [9.17, 15) is 9.59 Å². The van der Waals surface area contributed by atoms with Crippen molar-refractivity contribution in [1.82, 2.24) is 20.1 Å². The molecular formula is C15H20N4O2S. The first-order chi connectivity index (χ1) is 10.6. The van der Waals surface area contributed by atoms with Crippen molar-refractivity contribution < 1.29 is 4.79 Å². The van der Waals surface area contributed by atoms with Crippen molar-refractivity contribution in [1.29, 1.82) is 0 Å². The molecule has 22 heavy (non-hydrogen) atoms. The number of hydrogen-bond acceptors (Lipinski definition) is 4. The molecule has 6 nitrogen and oxygen atoms in total. The van der Waals surface area contributed by atoms with Crippen LogP contribution in [0.4, 0.5) is 0 Å². The number of fused-ring (bicyclic) bond motifs is 1. The zero-order valence-electron chi connectivity index (χ0n) is 12.8. The largest absolute Gasteiger partial charge is 0.348 e. The highest BCUT2D eigenvalue weighted by Crippen LogP contribution is 2.29. The fraction of sp³-hybridized carbons (Fsp3) is 0.533. The molecular weight excluding hydrogens is 300 g/mol.